The maximum absolute atomic E-state index is 6.01. The largest absolute Gasteiger partial charge is 0.398 e. The first-order valence-corrected chi connectivity index (χ1v) is 7.09. The Labute approximate surface area is 101 Å². The molecule has 1 heterocycles. The molecule has 2 N–H and O–H groups in total. The lowest BCUT2D eigenvalue weighted by atomic mass is 10.1. The number of nitrogens with zero attached hydrogens (tertiary/aromatic N) is 1. The van der Waals surface area contributed by atoms with E-state index in [2.05, 4.69) is 23.3 Å². The van der Waals surface area contributed by atoms with E-state index in [4.69, 9.17) is 5.73 Å². The van der Waals surface area contributed by atoms with Crippen molar-refractivity contribution >= 4 is 17.4 Å². The smallest absolute Gasteiger partial charge is 0.0363 e. The second kappa shape index (κ2) is 3.67. The molecule has 1 aromatic carbocycles. The first kappa shape index (κ1) is 10.5. The number of hydrogen-bond acceptors (Lipinski definition) is 3. The molecule has 0 spiro atoms. The molecule has 1 saturated carbocycles. The van der Waals surface area contributed by atoms with Crippen molar-refractivity contribution in [3.8, 4) is 0 Å². The van der Waals surface area contributed by atoms with E-state index in [0.29, 0.717) is 4.75 Å². The van der Waals surface area contributed by atoms with Crippen molar-refractivity contribution in [2.75, 3.05) is 18.5 Å². The maximum atomic E-state index is 6.01. The topological polar surface area (TPSA) is 29.3 Å². The Morgan fingerprint density at radius 1 is 1.38 bits per heavy atom. The van der Waals surface area contributed by atoms with Gasteiger partial charge in [-0.05, 0) is 36.3 Å². The van der Waals surface area contributed by atoms with Gasteiger partial charge in [0.15, 0.2) is 0 Å². The van der Waals surface area contributed by atoms with Crippen molar-refractivity contribution in [2.45, 2.75) is 30.7 Å². The minimum atomic E-state index is 0.566. The molecular formula is C13H18N2S. The van der Waals surface area contributed by atoms with Crippen LogP contribution < -0.4 is 5.73 Å². The van der Waals surface area contributed by atoms with Crippen LogP contribution in [0.1, 0.15) is 24.0 Å². The SMILES string of the molecule is CSC1(CN2Cc3cccc(N)c3C2)CC1. The zero-order valence-electron chi connectivity index (χ0n) is 9.70. The van der Waals surface area contributed by atoms with Gasteiger partial charge in [0.25, 0.3) is 0 Å². The van der Waals surface area contributed by atoms with Gasteiger partial charge in [0.1, 0.15) is 0 Å². The van der Waals surface area contributed by atoms with Gasteiger partial charge in [0.05, 0.1) is 0 Å². The first-order chi connectivity index (χ1) is 7.72. The van der Waals surface area contributed by atoms with Crippen LogP contribution in [0.2, 0.25) is 0 Å². The summed E-state index contributed by atoms with van der Waals surface area (Å²) in [6.45, 7) is 3.36. The Morgan fingerprint density at radius 2 is 2.19 bits per heavy atom. The summed E-state index contributed by atoms with van der Waals surface area (Å²) in [6.07, 6.45) is 5.01. The molecule has 0 saturated heterocycles. The monoisotopic (exact) mass is 234 g/mol. The fraction of sp³-hybridized carbons (Fsp3) is 0.538. The Hall–Kier alpha value is -0.670. The molecule has 1 aliphatic heterocycles. The predicted molar refractivity (Wildman–Crippen MR) is 70.4 cm³/mol. The van der Waals surface area contributed by atoms with E-state index in [-0.39, 0.29) is 0 Å². The highest BCUT2D eigenvalue weighted by atomic mass is 32.2. The minimum absolute atomic E-state index is 0.566. The van der Waals surface area contributed by atoms with Crippen molar-refractivity contribution in [3.05, 3.63) is 29.3 Å². The Kier molecular flexibility index (Phi) is 2.41. The van der Waals surface area contributed by atoms with Gasteiger partial charge in [-0.3, -0.25) is 4.90 Å². The van der Waals surface area contributed by atoms with Crippen LogP contribution in [0, 0.1) is 0 Å². The molecule has 0 aromatic heterocycles. The minimum Gasteiger partial charge on any atom is -0.398 e. The number of nitrogen functional groups attached to an aromatic ring is 1. The van der Waals surface area contributed by atoms with Crippen molar-refractivity contribution in [1.82, 2.24) is 4.90 Å². The molecule has 0 amide bonds. The molecule has 3 heteroatoms. The predicted octanol–water partition coefficient (Wildman–Crippen LogP) is 2.48. The molecular weight excluding hydrogens is 216 g/mol. The van der Waals surface area contributed by atoms with Gasteiger partial charge in [-0.1, -0.05) is 12.1 Å². The van der Waals surface area contributed by atoms with E-state index >= 15 is 0 Å². The van der Waals surface area contributed by atoms with E-state index in [9.17, 15) is 0 Å². The number of thioether (sulfide) groups is 1. The van der Waals surface area contributed by atoms with E-state index < -0.39 is 0 Å². The highest BCUT2D eigenvalue weighted by molar-refractivity contribution is 8.00. The molecule has 2 nitrogen and oxygen atoms in total. The molecule has 2 aliphatic rings. The fourth-order valence-corrected chi connectivity index (χ4v) is 3.42. The van der Waals surface area contributed by atoms with Crippen molar-refractivity contribution in [2.24, 2.45) is 0 Å². The number of fused-ring (bicyclic) bond motifs is 1. The van der Waals surface area contributed by atoms with Gasteiger partial charge in [0, 0.05) is 30.1 Å². The summed E-state index contributed by atoms with van der Waals surface area (Å²) >= 11 is 2.04. The molecule has 1 aromatic rings. The summed E-state index contributed by atoms with van der Waals surface area (Å²) in [6, 6.07) is 6.30. The van der Waals surface area contributed by atoms with Crippen molar-refractivity contribution in [1.29, 1.82) is 0 Å². The Balaban J connectivity index is 1.73. The lowest BCUT2D eigenvalue weighted by Gasteiger charge is -2.21. The zero-order valence-corrected chi connectivity index (χ0v) is 10.5. The standard InChI is InChI=1S/C13H18N2S/c1-16-13(5-6-13)9-15-7-10-3-2-4-12(14)11(10)8-15/h2-4H,5-9,14H2,1H3. The summed E-state index contributed by atoms with van der Waals surface area (Å²) in [5, 5.41) is 0. The molecule has 3 rings (SSSR count). The van der Waals surface area contributed by atoms with Crippen LogP contribution in [-0.2, 0) is 13.1 Å². The second-order valence-corrected chi connectivity index (χ2v) is 6.29. The lowest BCUT2D eigenvalue weighted by molar-refractivity contribution is 0.281. The molecule has 1 fully saturated rings. The molecule has 1 aliphatic carbocycles. The van der Waals surface area contributed by atoms with Gasteiger partial charge >= 0.3 is 0 Å². The van der Waals surface area contributed by atoms with Crippen molar-refractivity contribution < 1.29 is 0 Å². The van der Waals surface area contributed by atoms with Gasteiger partial charge in [-0.2, -0.15) is 11.8 Å². The summed E-state index contributed by atoms with van der Waals surface area (Å²) in [5.41, 5.74) is 9.77. The third-order valence-electron chi connectivity index (χ3n) is 3.84. The third-order valence-corrected chi connectivity index (χ3v) is 5.24. The lowest BCUT2D eigenvalue weighted by Crippen LogP contribution is -2.27. The average molecular weight is 234 g/mol. The highest BCUT2D eigenvalue weighted by Gasteiger charge is 2.43. The molecule has 16 heavy (non-hydrogen) atoms. The molecule has 0 bridgehead atoms. The number of benzene rings is 1. The van der Waals surface area contributed by atoms with E-state index in [0.717, 1.165) is 18.8 Å². The molecule has 0 atom stereocenters. The van der Waals surface area contributed by atoms with Crippen LogP contribution in [-0.4, -0.2) is 22.4 Å². The normalized spacial score (nSPS) is 22.1. The summed E-state index contributed by atoms with van der Waals surface area (Å²) < 4.78 is 0.566. The van der Waals surface area contributed by atoms with Gasteiger partial charge < -0.3 is 5.73 Å². The van der Waals surface area contributed by atoms with Crippen LogP contribution in [0.3, 0.4) is 0 Å². The van der Waals surface area contributed by atoms with E-state index in [1.54, 1.807) is 0 Å². The van der Waals surface area contributed by atoms with Crippen LogP contribution in [0.25, 0.3) is 0 Å². The fourth-order valence-electron chi connectivity index (χ4n) is 2.60. The summed E-state index contributed by atoms with van der Waals surface area (Å²) in [5.74, 6) is 0. The molecule has 0 radical (unpaired) electrons. The first-order valence-electron chi connectivity index (χ1n) is 5.86. The van der Waals surface area contributed by atoms with Crippen LogP contribution in [0.4, 0.5) is 5.69 Å². The second-order valence-electron chi connectivity index (χ2n) is 5.02. The summed E-state index contributed by atoms with van der Waals surface area (Å²) in [4.78, 5) is 2.55. The number of nitrogens with two attached hydrogens (primary N) is 1. The van der Waals surface area contributed by atoms with E-state index in [1.165, 1.54) is 30.5 Å². The Morgan fingerprint density at radius 3 is 2.81 bits per heavy atom. The van der Waals surface area contributed by atoms with Gasteiger partial charge in [-0.25, -0.2) is 0 Å². The third kappa shape index (κ3) is 1.72. The van der Waals surface area contributed by atoms with Crippen LogP contribution >= 0.6 is 11.8 Å². The maximum Gasteiger partial charge on any atom is 0.0363 e. The van der Waals surface area contributed by atoms with Gasteiger partial charge in [-0.15, -0.1) is 0 Å². The van der Waals surface area contributed by atoms with Crippen LogP contribution in [0.5, 0.6) is 0 Å². The quantitative estimate of drug-likeness (QED) is 0.815. The van der Waals surface area contributed by atoms with Crippen LogP contribution in [0.15, 0.2) is 18.2 Å². The van der Waals surface area contributed by atoms with Gasteiger partial charge in [0.2, 0.25) is 0 Å². The number of rotatable bonds is 3. The molecule has 86 valence electrons. The Bertz CT molecular complexity index is 412. The number of anilines is 1. The highest BCUT2D eigenvalue weighted by Crippen LogP contribution is 2.48. The molecule has 0 unspecified atom stereocenters. The van der Waals surface area contributed by atoms with Crippen molar-refractivity contribution in [3.63, 3.8) is 0 Å². The number of hydrogen-bond donors (Lipinski definition) is 1. The summed E-state index contributed by atoms with van der Waals surface area (Å²) in [7, 11) is 0. The average Bonchev–Trinajstić information content (AvgIpc) is 2.91. The van der Waals surface area contributed by atoms with E-state index in [1.807, 2.05) is 17.8 Å². The zero-order chi connectivity index (χ0) is 11.2.